The van der Waals surface area contributed by atoms with Crippen molar-refractivity contribution in [3.8, 4) is 22.4 Å². The maximum Gasteiger partial charge on any atom is 0.417 e. The lowest BCUT2D eigenvalue weighted by Gasteiger charge is -2.20. The molecule has 2 aromatic carbocycles. The Morgan fingerprint density at radius 1 is 1.00 bits per heavy atom. The summed E-state index contributed by atoms with van der Waals surface area (Å²) in [6, 6.07) is 11.3. The maximum absolute atomic E-state index is 13.4. The second-order valence-electron chi connectivity index (χ2n) is 7.79. The Kier molecular flexibility index (Phi) is 5.52. The molecule has 2 N–H and O–H groups in total. The topological polar surface area (TPSA) is 74.8 Å². The molecule has 0 aliphatic heterocycles. The van der Waals surface area contributed by atoms with Crippen LogP contribution in [0, 0.1) is 0 Å². The highest BCUT2D eigenvalue weighted by atomic mass is 19.4. The Morgan fingerprint density at radius 3 is 2.33 bits per heavy atom. The Hall–Kier alpha value is -3.42. The van der Waals surface area contributed by atoms with Gasteiger partial charge >= 0.3 is 6.18 Å². The van der Waals surface area contributed by atoms with Crippen molar-refractivity contribution < 1.29 is 18.0 Å². The SMILES string of the molecule is CC(C)(C)NC(=O)c1c[nH]c(=O)c(-c2cccc(-c3ccccc3C(F)(F)F)c2)n1. The number of carbonyl (C=O) groups excluding carboxylic acids is 1. The molecule has 0 bridgehead atoms. The number of H-pyrrole nitrogens is 1. The Morgan fingerprint density at radius 2 is 1.67 bits per heavy atom. The van der Waals surface area contributed by atoms with Crippen LogP contribution in [0.5, 0.6) is 0 Å². The summed E-state index contributed by atoms with van der Waals surface area (Å²) >= 11 is 0. The van der Waals surface area contributed by atoms with Crippen LogP contribution in [0.25, 0.3) is 22.4 Å². The van der Waals surface area contributed by atoms with Gasteiger partial charge in [0, 0.05) is 17.3 Å². The van der Waals surface area contributed by atoms with E-state index in [1.54, 1.807) is 32.9 Å². The van der Waals surface area contributed by atoms with Crippen molar-refractivity contribution in [2.45, 2.75) is 32.5 Å². The van der Waals surface area contributed by atoms with Crippen LogP contribution in [0.15, 0.2) is 59.5 Å². The van der Waals surface area contributed by atoms with Gasteiger partial charge in [-0.3, -0.25) is 9.59 Å². The van der Waals surface area contributed by atoms with E-state index in [-0.39, 0.29) is 22.5 Å². The number of hydrogen-bond donors (Lipinski definition) is 2. The van der Waals surface area contributed by atoms with Crippen LogP contribution in [0.4, 0.5) is 13.2 Å². The summed E-state index contributed by atoms with van der Waals surface area (Å²) in [7, 11) is 0. The summed E-state index contributed by atoms with van der Waals surface area (Å²) in [5, 5.41) is 2.75. The molecule has 0 unspecified atom stereocenters. The van der Waals surface area contributed by atoms with Gasteiger partial charge < -0.3 is 10.3 Å². The highest BCUT2D eigenvalue weighted by molar-refractivity contribution is 5.93. The number of benzene rings is 2. The van der Waals surface area contributed by atoms with Crippen molar-refractivity contribution in [2.24, 2.45) is 0 Å². The number of amides is 1. The number of halogens is 3. The normalized spacial score (nSPS) is 11.9. The summed E-state index contributed by atoms with van der Waals surface area (Å²) in [6.45, 7) is 5.41. The molecular formula is C22H20F3N3O2. The number of rotatable bonds is 3. The zero-order chi connectivity index (χ0) is 22.1. The first-order valence-corrected chi connectivity index (χ1v) is 9.15. The number of nitrogens with zero attached hydrogens (tertiary/aromatic N) is 1. The average molecular weight is 415 g/mol. The molecule has 1 aromatic heterocycles. The minimum absolute atomic E-state index is 0.000574. The zero-order valence-electron chi connectivity index (χ0n) is 16.6. The van der Waals surface area contributed by atoms with Crippen LogP contribution in [-0.4, -0.2) is 21.4 Å². The molecule has 0 spiro atoms. The third-order valence-corrected chi connectivity index (χ3v) is 4.19. The van der Waals surface area contributed by atoms with E-state index < -0.39 is 28.7 Å². The molecular weight excluding hydrogens is 395 g/mol. The van der Waals surface area contributed by atoms with Gasteiger partial charge in [-0.2, -0.15) is 13.2 Å². The van der Waals surface area contributed by atoms with E-state index in [1.165, 1.54) is 36.5 Å². The third kappa shape index (κ3) is 4.76. The van der Waals surface area contributed by atoms with Crippen LogP contribution < -0.4 is 10.9 Å². The Bertz CT molecular complexity index is 1150. The molecule has 30 heavy (non-hydrogen) atoms. The summed E-state index contributed by atoms with van der Waals surface area (Å²) in [5.41, 5.74) is -1.31. The van der Waals surface area contributed by atoms with E-state index in [2.05, 4.69) is 15.3 Å². The predicted octanol–water partition coefficient (Wildman–Crippen LogP) is 4.65. The van der Waals surface area contributed by atoms with Gasteiger partial charge in [0.05, 0.1) is 5.56 Å². The second kappa shape index (κ2) is 7.78. The molecule has 0 saturated heterocycles. The van der Waals surface area contributed by atoms with Gasteiger partial charge in [-0.25, -0.2) is 4.98 Å². The lowest BCUT2D eigenvalue weighted by molar-refractivity contribution is -0.137. The van der Waals surface area contributed by atoms with E-state index in [9.17, 15) is 22.8 Å². The molecule has 0 saturated carbocycles. The fraction of sp³-hybridized carbons (Fsp3) is 0.227. The van der Waals surface area contributed by atoms with Crippen molar-refractivity contribution in [2.75, 3.05) is 0 Å². The molecule has 0 aliphatic rings. The lowest BCUT2D eigenvalue weighted by atomic mass is 9.97. The fourth-order valence-corrected chi connectivity index (χ4v) is 2.94. The number of aromatic amines is 1. The average Bonchev–Trinajstić information content (AvgIpc) is 2.66. The molecule has 8 heteroatoms. The van der Waals surface area contributed by atoms with Crippen molar-refractivity contribution in [1.29, 1.82) is 0 Å². The summed E-state index contributed by atoms with van der Waals surface area (Å²) < 4.78 is 40.2. The van der Waals surface area contributed by atoms with Gasteiger partial charge in [0.15, 0.2) is 0 Å². The quantitative estimate of drug-likeness (QED) is 0.654. The molecule has 0 aliphatic carbocycles. The van der Waals surface area contributed by atoms with E-state index in [0.29, 0.717) is 5.56 Å². The monoisotopic (exact) mass is 415 g/mol. The van der Waals surface area contributed by atoms with Crippen molar-refractivity contribution in [3.63, 3.8) is 0 Å². The van der Waals surface area contributed by atoms with Crippen molar-refractivity contribution >= 4 is 5.91 Å². The van der Waals surface area contributed by atoms with Gasteiger partial charge in [-0.1, -0.05) is 36.4 Å². The second-order valence-corrected chi connectivity index (χ2v) is 7.79. The van der Waals surface area contributed by atoms with Crippen LogP contribution in [0.1, 0.15) is 36.8 Å². The van der Waals surface area contributed by atoms with E-state index in [1.807, 2.05) is 0 Å². The fourth-order valence-electron chi connectivity index (χ4n) is 2.94. The number of alkyl halides is 3. The van der Waals surface area contributed by atoms with Crippen LogP contribution in [0.3, 0.4) is 0 Å². The van der Waals surface area contributed by atoms with Crippen LogP contribution >= 0.6 is 0 Å². The number of carbonyl (C=O) groups is 1. The summed E-state index contributed by atoms with van der Waals surface area (Å²) in [6.07, 6.45) is -3.32. The van der Waals surface area contributed by atoms with Crippen molar-refractivity contribution in [3.05, 3.63) is 76.3 Å². The third-order valence-electron chi connectivity index (χ3n) is 4.19. The highest BCUT2D eigenvalue weighted by Crippen LogP contribution is 2.37. The maximum atomic E-state index is 13.4. The Labute approximate surface area is 171 Å². The Balaban J connectivity index is 2.07. The number of hydrogen-bond acceptors (Lipinski definition) is 3. The molecule has 0 fully saturated rings. The van der Waals surface area contributed by atoms with Crippen LogP contribution in [0.2, 0.25) is 0 Å². The zero-order valence-corrected chi connectivity index (χ0v) is 16.6. The molecule has 0 atom stereocenters. The summed E-state index contributed by atoms with van der Waals surface area (Å²) in [5.74, 6) is -0.474. The lowest BCUT2D eigenvalue weighted by Crippen LogP contribution is -2.41. The van der Waals surface area contributed by atoms with Crippen molar-refractivity contribution in [1.82, 2.24) is 15.3 Å². The smallest absolute Gasteiger partial charge is 0.346 e. The first-order chi connectivity index (χ1) is 14.0. The number of nitrogens with one attached hydrogen (secondary N) is 2. The standard InChI is InChI=1S/C22H20F3N3O2/c1-21(2,3)28-19(29)17-12-26-20(30)18(27-17)14-8-6-7-13(11-14)15-9-4-5-10-16(15)22(23,24)25/h4-12H,1-3H3,(H,26,30)(H,28,29). The molecule has 156 valence electrons. The highest BCUT2D eigenvalue weighted by Gasteiger charge is 2.33. The summed E-state index contributed by atoms with van der Waals surface area (Å²) in [4.78, 5) is 31.3. The van der Waals surface area contributed by atoms with E-state index >= 15 is 0 Å². The predicted molar refractivity (Wildman–Crippen MR) is 108 cm³/mol. The molecule has 1 amide bonds. The molecule has 0 radical (unpaired) electrons. The van der Waals surface area contributed by atoms with Gasteiger partial charge in [0.25, 0.3) is 11.5 Å². The van der Waals surface area contributed by atoms with E-state index in [0.717, 1.165) is 6.07 Å². The molecule has 1 heterocycles. The van der Waals surface area contributed by atoms with Gasteiger partial charge in [0.1, 0.15) is 11.4 Å². The van der Waals surface area contributed by atoms with Gasteiger partial charge in [-0.15, -0.1) is 0 Å². The first-order valence-electron chi connectivity index (χ1n) is 9.15. The molecule has 3 aromatic rings. The molecule has 3 rings (SSSR count). The number of aromatic nitrogens is 2. The van der Waals surface area contributed by atoms with E-state index in [4.69, 9.17) is 0 Å². The largest absolute Gasteiger partial charge is 0.417 e. The minimum Gasteiger partial charge on any atom is -0.346 e. The van der Waals surface area contributed by atoms with Gasteiger partial charge in [0.2, 0.25) is 0 Å². The first kappa shape index (κ1) is 21.3. The van der Waals surface area contributed by atoms with Gasteiger partial charge in [-0.05, 0) is 44.0 Å². The van der Waals surface area contributed by atoms with Crippen LogP contribution in [-0.2, 0) is 6.18 Å². The molecule has 5 nitrogen and oxygen atoms in total. The minimum atomic E-state index is -4.52.